The molecule has 0 aliphatic heterocycles. The Labute approximate surface area is 197 Å². The maximum absolute atomic E-state index is 12.6. The van der Waals surface area contributed by atoms with Gasteiger partial charge in [0.15, 0.2) is 0 Å². The second-order valence-corrected chi connectivity index (χ2v) is 7.35. The summed E-state index contributed by atoms with van der Waals surface area (Å²) in [6, 6.07) is 22.6. The molecule has 0 saturated carbocycles. The summed E-state index contributed by atoms with van der Waals surface area (Å²) < 4.78 is 10.7. The number of rotatable bonds is 8. The second-order valence-electron chi connectivity index (χ2n) is 6.91. The number of nitrogens with one attached hydrogen (secondary N) is 1. The van der Waals surface area contributed by atoms with E-state index < -0.39 is 11.9 Å². The molecule has 0 heterocycles. The normalized spacial score (nSPS) is 10.8. The highest BCUT2D eigenvalue weighted by atomic mass is 35.5. The van der Waals surface area contributed by atoms with Gasteiger partial charge in [0.25, 0.3) is 5.91 Å². The van der Waals surface area contributed by atoms with Crippen molar-refractivity contribution in [1.82, 2.24) is 0 Å². The predicted molar refractivity (Wildman–Crippen MR) is 127 cm³/mol. The van der Waals surface area contributed by atoms with Crippen LogP contribution >= 0.6 is 11.6 Å². The Morgan fingerprint density at radius 2 is 1.79 bits per heavy atom. The van der Waals surface area contributed by atoms with E-state index in [-0.39, 0.29) is 12.2 Å². The van der Waals surface area contributed by atoms with Gasteiger partial charge in [0.05, 0.1) is 12.2 Å². The van der Waals surface area contributed by atoms with Crippen molar-refractivity contribution in [2.24, 2.45) is 0 Å². The van der Waals surface area contributed by atoms with Gasteiger partial charge in [-0.05, 0) is 72.7 Å². The zero-order valence-electron chi connectivity index (χ0n) is 17.9. The molecule has 0 aliphatic rings. The molecule has 0 bridgehead atoms. The molecule has 3 aromatic rings. The molecule has 3 aromatic carbocycles. The molecular weight excluding hydrogens is 440 g/mol. The minimum atomic E-state index is -0.561. The lowest BCUT2D eigenvalue weighted by atomic mass is 10.1. The molecule has 0 aromatic heterocycles. The summed E-state index contributed by atoms with van der Waals surface area (Å²) in [5.41, 5.74) is 2.37. The molecular formula is C26H21ClN2O4. The number of amides is 1. The minimum Gasteiger partial charge on any atom is -0.489 e. The number of hydrogen-bond donors (Lipinski definition) is 1. The van der Waals surface area contributed by atoms with Crippen LogP contribution in [0.4, 0.5) is 5.69 Å². The van der Waals surface area contributed by atoms with Crippen molar-refractivity contribution in [1.29, 1.82) is 5.26 Å². The Morgan fingerprint density at radius 3 is 2.45 bits per heavy atom. The largest absolute Gasteiger partial charge is 0.489 e. The number of halogens is 1. The van der Waals surface area contributed by atoms with Crippen LogP contribution in [0.1, 0.15) is 28.4 Å². The van der Waals surface area contributed by atoms with Crippen molar-refractivity contribution in [3.05, 3.63) is 100 Å². The number of esters is 1. The third kappa shape index (κ3) is 6.96. The Hall–Kier alpha value is -4.08. The monoisotopic (exact) mass is 460 g/mol. The second kappa shape index (κ2) is 11.5. The molecule has 7 heteroatoms. The SMILES string of the molecule is CCOC(=O)c1ccc(NC(=O)/C(C#N)=C/c2cccc(OCc3ccc(Cl)cc3)c2)cc1. The molecule has 6 nitrogen and oxygen atoms in total. The van der Waals surface area contributed by atoms with E-state index in [2.05, 4.69) is 5.32 Å². The summed E-state index contributed by atoms with van der Waals surface area (Å²) in [4.78, 5) is 24.3. The Kier molecular flexibility index (Phi) is 8.23. The van der Waals surface area contributed by atoms with Crippen LogP contribution in [0.15, 0.2) is 78.4 Å². The summed E-state index contributed by atoms with van der Waals surface area (Å²) in [6.07, 6.45) is 1.48. The van der Waals surface area contributed by atoms with Crippen LogP contribution in [0.3, 0.4) is 0 Å². The number of benzene rings is 3. The van der Waals surface area contributed by atoms with Gasteiger partial charge >= 0.3 is 5.97 Å². The van der Waals surface area contributed by atoms with Gasteiger partial charge in [-0.2, -0.15) is 5.26 Å². The van der Waals surface area contributed by atoms with E-state index in [0.717, 1.165) is 5.56 Å². The van der Waals surface area contributed by atoms with Crippen LogP contribution in [0, 0.1) is 11.3 Å². The van der Waals surface area contributed by atoms with E-state index in [0.29, 0.717) is 34.2 Å². The van der Waals surface area contributed by atoms with Gasteiger partial charge in [-0.1, -0.05) is 35.9 Å². The lowest BCUT2D eigenvalue weighted by molar-refractivity contribution is -0.112. The van der Waals surface area contributed by atoms with Gasteiger partial charge in [-0.15, -0.1) is 0 Å². The average Bonchev–Trinajstić information content (AvgIpc) is 2.83. The van der Waals surface area contributed by atoms with Gasteiger partial charge < -0.3 is 14.8 Å². The van der Waals surface area contributed by atoms with Crippen molar-refractivity contribution >= 4 is 35.2 Å². The number of carbonyl (C=O) groups is 2. The van der Waals surface area contributed by atoms with Crippen LogP contribution in [0.2, 0.25) is 5.02 Å². The Balaban J connectivity index is 1.66. The van der Waals surface area contributed by atoms with Crippen LogP contribution < -0.4 is 10.1 Å². The number of carbonyl (C=O) groups excluding carboxylic acids is 2. The summed E-state index contributed by atoms with van der Waals surface area (Å²) >= 11 is 5.89. The van der Waals surface area contributed by atoms with Crippen LogP contribution in [0.5, 0.6) is 5.75 Å². The summed E-state index contributed by atoms with van der Waals surface area (Å²) in [6.45, 7) is 2.36. The van der Waals surface area contributed by atoms with E-state index in [1.165, 1.54) is 6.08 Å². The maximum Gasteiger partial charge on any atom is 0.338 e. The van der Waals surface area contributed by atoms with Gasteiger partial charge in [-0.3, -0.25) is 4.79 Å². The van der Waals surface area contributed by atoms with E-state index in [1.54, 1.807) is 67.6 Å². The minimum absolute atomic E-state index is 0.0701. The molecule has 0 saturated heterocycles. The first-order chi connectivity index (χ1) is 16.0. The molecule has 0 radical (unpaired) electrons. The summed E-state index contributed by atoms with van der Waals surface area (Å²) in [5, 5.41) is 12.8. The molecule has 166 valence electrons. The smallest absolute Gasteiger partial charge is 0.338 e. The highest BCUT2D eigenvalue weighted by Crippen LogP contribution is 2.19. The number of hydrogen-bond acceptors (Lipinski definition) is 5. The molecule has 0 aliphatic carbocycles. The number of ether oxygens (including phenoxy) is 2. The molecule has 3 rings (SSSR count). The fourth-order valence-electron chi connectivity index (χ4n) is 2.86. The van der Waals surface area contributed by atoms with E-state index in [1.807, 2.05) is 18.2 Å². The maximum atomic E-state index is 12.6. The molecule has 1 N–H and O–H groups in total. The van der Waals surface area contributed by atoms with Crippen LogP contribution in [-0.4, -0.2) is 18.5 Å². The third-order valence-corrected chi connectivity index (χ3v) is 4.76. The van der Waals surface area contributed by atoms with Gasteiger partial charge in [0.2, 0.25) is 0 Å². The van der Waals surface area contributed by atoms with Crippen molar-refractivity contribution in [2.45, 2.75) is 13.5 Å². The number of anilines is 1. The van der Waals surface area contributed by atoms with Crippen LogP contribution in [-0.2, 0) is 16.1 Å². The fourth-order valence-corrected chi connectivity index (χ4v) is 2.99. The first-order valence-electron chi connectivity index (χ1n) is 10.2. The first-order valence-corrected chi connectivity index (χ1v) is 10.5. The van der Waals surface area contributed by atoms with Gasteiger partial charge in [0, 0.05) is 10.7 Å². The van der Waals surface area contributed by atoms with E-state index in [9.17, 15) is 14.9 Å². The predicted octanol–water partition coefficient (Wildman–Crippen LogP) is 5.64. The van der Waals surface area contributed by atoms with Crippen molar-refractivity contribution in [3.8, 4) is 11.8 Å². The molecule has 0 spiro atoms. The van der Waals surface area contributed by atoms with E-state index >= 15 is 0 Å². The van der Waals surface area contributed by atoms with E-state index in [4.69, 9.17) is 21.1 Å². The lowest BCUT2D eigenvalue weighted by Crippen LogP contribution is -2.13. The topological polar surface area (TPSA) is 88.4 Å². The van der Waals surface area contributed by atoms with Gasteiger partial charge in [-0.25, -0.2) is 4.79 Å². The molecule has 0 atom stereocenters. The summed E-state index contributed by atoms with van der Waals surface area (Å²) in [7, 11) is 0. The lowest BCUT2D eigenvalue weighted by Gasteiger charge is -2.08. The van der Waals surface area contributed by atoms with Crippen molar-refractivity contribution in [2.75, 3.05) is 11.9 Å². The summed E-state index contributed by atoms with van der Waals surface area (Å²) in [5.74, 6) is -0.397. The third-order valence-electron chi connectivity index (χ3n) is 4.51. The van der Waals surface area contributed by atoms with Crippen LogP contribution in [0.25, 0.3) is 6.08 Å². The molecule has 0 unspecified atom stereocenters. The zero-order valence-corrected chi connectivity index (χ0v) is 18.6. The fraction of sp³-hybridized carbons (Fsp3) is 0.115. The van der Waals surface area contributed by atoms with Gasteiger partial charge in [0.1, 0.15) is 24.0 Å². The van der Waals surface area contributed by atoms with Crippen molar-refractivity contribution < 1.29 is 19.1 Å². The zero-order chi connectivity index (χ0) is 23.6. The highest BCUT2D eigenvalue weighted by molar-refractivity contribution is 6.30. The number of nitriles is 1. The Bertz CT molecular complexity index is 1200. The average molecular weight is 461 g/mol. The molecule has 0 fully saturated rings. The number of nitrogens with zero attached hydrogens (tertiary/aromatic N) is 1. The quantitative estimate of drug-likeness (QED) is 0.267. The first kappa shape index (κ1) is 23.6. The molecule has 33 heavy (non-hydrogen) atoms. The Morgan fingerprint density at radius 1 is 1.06 bits per heavy atom. The van der Waals surface area contributed by atoms with Crippen molar-refractivity contribution in [3.63, 3.8) is 0 Å². The standard InChI is InChI=1S/C26H21ClN2O4/c1-2-32-26(31)20-8-12-23(13-9-20)29-25(30)21(16-28)14-19-4-3-5-24(15-19)33-17-18-6-10-22(27)11-7-18/h3-15H,2,17H2,1H3,(H,29,30)/b21-14+. The highest BCUT2D eigenvalue weighted by Gasteiger charge is 2.11. The molecule has 1 amide bonds.